The van der Waals surface area contributed by atoms with Crippen LogP contribution in [0.25, 0.3) is 0 Å². The van der Waals surface area contributed by atoms with E-state index < -0.39 is 0 Å². The highest BCUT2D eigenvalue weighted by molar-refractivity contribution is 7.07. The van der Waals surface area contributed by atoms with Crippen LogP contribution in [0.15, 0.2) is 6.20 Å². The lowest BCUT2D eigenvalue weighted by molar-refractivity contribution is -0.126. The molecule has 104 valence electrons. The number of rotatable bonds is 4. The predicted octanol–water partition coefficient (Wildman–Crippen LogP) is 0.916. The zero-order chi connectivity index (χ0) is 13.7. The lowest BCUT2D eigenvalue weighted by Crippen LogP contribution is -2.45. The molecule has 1 fully saturated rings. The Morgan fingerprint density at radius 2 is 2.42 bits per heavy atom. The summed E-state index contributed by atoms with van der Waals surface area (Å²) in [5.41, 5.74) is 0. The Labute approximate surface area is 116 Å². The van der Waals surface area contributed by atoms with E-state index in [0.29, 0.717) is 24.5 Å². The number of aromatic nitrogens is 2. The molecule has 2 rings (SSSR count). The van der Waals surface area contributed by atoms with Crippen molar-refractivity contribution in [1.82, 2.24) is 19.8 Å². The fourth-order valence-electron chi connectivity index (χ4n) is 2.19. The van der Waals surface area contributed by atoms with Gasteiger partial charge in [0.25, 0.3) is 5.91 Å². The van der Waals surface area contributed by atoms with Crippen LogP contribution in [0.2, 0.25) is 0 Å². The first-order valence-corrected chi connectivity index (χ1v) is 7.34. The third kappa shape index (κ3) is 3.50. The van der Waals surface area contributed by atoms with Crippen LogP contribution in [0, 0.1) is 5.92 Å². The van der Waals surface area contributed by atoms with Gasteiger partial charge in [0.2, 0.25) is 5.91 Å². The van der Waals surface area contributed by atoms with Crippen molar-refractivity contribution in [3.05, 3.63) is 11.1 Å². The van der Waals surface area contributed by atoms with Crippen LogP contribution in [-0.2, 0) is 4.79 Å². The standard InChI is InChI=1S/C12H18N4O2S/c1-2-5-13-11(17)9-4-3-6-16(8-9)12(18)10-7-14-15-19-10/h7,9H,2-6,8H2,1H3,(H,13,17)/t9-/m0/s1. The molecular formula is C12H18N4O2S. The lowest BCUT2D eigenvalue weighted by atomic mass is 9.97. The van der Waals surface area contributed by atoms with Crippen LogP contribution >= 0.6 is 11.5 Å². The van der Waals surface area contributed by atoms with Crippen LogP contribution in [0.1, 0.15) is 35.9 Å². The highest BCUT2D eigenvalue weighted by Gasteiger charge is 2.29. The van der Waals surface area contributed by atoms with Gasteiger partial charge >= 0.3 is 0 Å². The van der Waals surface area contributed by atoms with E-state index >= 15 is 0 Å². The molecule has 2 heterocycles. The molecule has 0 spiro atoms. The first-order valence-electron chi connectivity index (χ1n) is 6.56. The monoisotopic (exact) mass is 282 g/mol. The van der Waals surface area contributed by atoms with Gasteiger partial charge in [-0.15, -0.1) is 5.10 Å². The number of likely N-dealkylation sites (tertiary alicyclic amines) is 1. The Kier molecular flexibility index (Phi) is 4.84. The predicted molar refractivity (Wildman–Crippen MR) is 71.8 cm³/mol. The summed E-state index contributed by atoms with van der Waals surface area (Å²) < 4.78 is 3.70. The quantitative estimate of drug-likeness (QED) is 0.891. The molecule has 0 aromatic carbocycles. The Bertz CT molecular complexity index is 435. The number of amides is 2. The Hall–Kier alpha value is -1.50. The molecule has 0 radical (unpaired) electrons. The topological polar surface area (TPSA) is 75.2 Å². The third-order valence-electron chi connectivity index (χ3n) is 3.20. The van der Waals surface area contributed by atoms with Gasteiger partial charge in [-0.1, -0.05) is 11.4 Å². The largest absolute Gasteiger partial charge is 0.356 e. The molecule has 0 unspecified atom stereocenters. The molecule has 1 aromatic heterocycles. The fraction of sp³-hybridized carbons (Fsp3) is 0.667. The second-order valence-corrected chi connectivity index (χ2v) is 5.45. The minimum absolute atomic E-state index is 0.0572. The normalized spacial score (nSPS) is 19.2. The Morgan fingerprint density at radius 1 is 1.58 bits per heavy atom. The minimum atomic E-state index is -0.0925. The SMILES string of the molecule is CCCNC(=O)[C@H]1CCCN(C(=O)c2cnns2)C1. The van der Waals surface area contributed by atoms with Gasteiger partial charge in [0.1, 0.15) is 4.88 Å². The number of nitrogens with one attached hydrogen (secondary N) is 1. The maximum absolute atomic E-state index is 12.2. The summed E-state index contributed by atoms with van der Waals surface area (Å²) in [4.78, 5) is 26.4. The van der Waals surface area contributed by atoms with Crippen LogP contribution in [0.3, 0.4) is 0 Å². The highest BCUT2D eigenvalue weighted by Crippen LogP contribution is 2.19. The van der Waals surface area contributed by atoms with E-state index in [1.807, 2.05) is 6.92 Å². The zero-order valence-corrected chi connectivity index (χ0v) is 11.8. The van der Waals surface area contributed by atoms with Crippen molar-refractivity contribution in [2.75, 3.05) is 19.6 Å². The molecule has 2 amide bonds. The molecule has 0 bridgehead atoms. The smallest absolute Gasteiger partial charge is 0.267 e. The Morgan fingerprint density at radius 3 is 3.11 bits per heavy atom. The van der Waals surface area contributed by atoms with Gasteiger partial charge in [0.05, 0.1) is 12.1 Å². The molecule has 1 aliphatic rings. The highest BCUT2D eigenvalue weighted by atomic mass is 32.1. The molecule has 1 aliphatic heterocycles. The van der Waals surface area contributed by atoms with Crippen molar-refractivity contribution in [3.63, 3.8) is 0 Å². The van der Waals surface area contributed by atoms with Crippen molar-refractivity contribution in [3.8, 4) is 0 Å². The van der Waals surface area contributed by atoms with Gasteiger partial charge in [-0.2, -0.15) is 0 Å². The summed E-state index contributed by atoms with van der Waals surface area (Å²) in [6, 6.07) is 0. The van der Waals surface area contributed by atoms with Crippen molar-refractivity contribution >= 4 is 23.3 Å². The fourth-order valence-corrected chi connectivity index (χ4v) is 2.67. The van der Waals surface area contributed by atoms with Gasteiger partial charge in [-0.05, 0) is 30.8 Å². The van der Waals surface area contributed by atoms with Crippen LogP contribution in [0.4, 0.5) is 0 Å². The van der Waals surface area contributed by atoms with Crippen LogP contribution in [0.5, 0.6) is 0 Å². The molecule has 19 heavy (non-hydrogen) atoms. The lowest BCUT2D eigenvalue weighted by Gasteiger charge is -2.31. The molecule has 1 aromatic rings. The number of hydrogen-bond donors (Lipinski definition) is 1. The van der Waals surface area contributed by atoms with Crippen LogP contribution < -0.4 is 5.32 Å². The van der Waals surface area contributed by atoms with E-state index in [9.17, 15) is 9.59 Å². The number of carbonyl (C=O) groups is 2. The first-order chi connectivity index (χ1) is 9.22. The molecule has 0 aliphatic carbocycles. The van der Waals surface area contributed by atoms with E-state index in [0.717, 1.165) is 30.8 Å². The maximum atomic E-state index is 12.2. The summed E-state index contributed by atoms with van der Waals surface area (Å²) >= 11 is 1.10. The molecule has 0 saturated carbocycles. The second kappa shape index (κ2) is 6.60. The molecular weight excluding hydrogens is 264 g/mol. The third-order valence-corrected chi connectivity index (χ3v) is 3.85. The maximum Gasteiger partial charge on any atom is 0.267 e. The molecule has 1 N–H and O–H groups in total. The van der Waals surface area contributed by atoms with Gasteiger partial charge in [0, 0.05) is 19.6 Å². The van der Waals surface area contributed by atoms with E-state index in [1.165, 1.54) is 6.20 Å². The van der Waals surface area contributed by atoms with Gasteiger partial charge < -0.3 is 10.2 Å². The van der Waals surface area contributed by atoms with E-state index in [4.69, 9.17) is 0 Å². The average Bonchev–Trinajstić information content (AvgIpc) is 2.98. The van der Waals surface area contributed by atoms with E-state index in [1.54, 1.807) is 4.90 Å². The molecule has 7 heteroatoms. The summed E-state index contributed by atoms with van der Waals surface area (Å²) in [5, 5.41) is 6.57. The van der Waals surface area contributed by atoms with Crippen LogP contribution in [-0.4, -0.2) is 45.9 Å². The Balaban J connectivity index is 1.93. The van der Waals surface area contributed by atoms with E-state index in [-0.39, 0.29) is 17.7 Å². The van der Waals surface area contributed by atoms with Gasteiger partial charge in [-0.25, -0.2) is 0 Å². The molecule has 6 nitrogen and oxygen atoms in total. The minimum Gasteiger partial charge on any atom is -0.356 e. The number of nitrogens with zero attached hydrogens (tertiary/aromatic N) is 3. The van der Waals surface area contributed by atoms with Gasteiger partial charge in [0.15, 0.2) is 0 Å². The second-order valence-electron chi connectivity index (χ2n) is 4.66. The van der Waals surface area contributed by atoms with Crippen molar-refractivity contribution in [2.24, 2.45) is 5.92 Å². The summed E-state index contributed by atoms with van der Waals surface area (Å²) in [6.45, 7) is 3.91. The number of carbonyl (C=O) groups excluding carboxylic acids is 2. The summed E-state index contributed by atoms with van der Waals surface area (Å²) in [7, 11) is 0. The van der Waals surface area contributed by atoms with Crippen molar-refractivity contribution in [1.29, 1.82) is 0 Å². The van der Waals surface area contributed by atoms with Gasteiger partial charge in [-0.3, -0.25) is 9.59 Å². The number of piperidine rings is 1. The number of hydrogen-bond acceptors (Lipinski definition) is 5. The molecule has 1 atom stereocenters. The summed E-state index contributed by atoms with van der Waals surface area (Å²) in [5.74, 6) is -0.102. The summed E-state index contributed by atoms with van der Waals surface area (Å²) in [6.07, 6.45) is 4.11. The van der Waals surface area contributed by atoms with Crippen molar-refractivity contribution in [2.45, 2.75) is 26.2 Å². The first kappa shape index (κ1) is 13.9. The zero-order valence-electron chi connectivity index (χ0n) is 11.0. The molecule has 1 saturated heterocycles. The average molecular weight is 282 g/mol. The van der Waals surface area contributed by atoms with E-state index in [2.05, 4.69) is 14.9 Å². The van der Waals surface area contributed by atoms with Crippen molar-refractivity contribution < 1.29 is 9.59 Å².